The molecule has 0 unspecified atom stereocenters. The van der Waals surface area contributed by atoms with E-state index in [0.29, 0.717) is 44.4 Å². The number of amides is 4. The van der Waals surface area contributed by atoms with Crippen molar-refractivity contribution in [3.63, 3.8) is 0 Å². The second-order valence-corrected chi connectivity index (χ2v) is 13.8. The summed E-state index contributed by atoms with van der Waals surface area (Å²) in [6.45, 7) is 12.9. The van der Waals surface area contributed by atoms with E-state index in [4.69, 9.17) is 4.74 Å². The highest BCUT2D eigenvalue weighted by Gasteiger charge is 2.41. The van der Waals surface area contributed by atoms with E-state index >= 15 is 0 Å². The summed E-state index contributed by atoms with van der Waals surface area (Å²) in [7, 11) is 2.12. The molecular weight excluding hydrogens is 546 g/mol. The minimum absolute atomic E-state index is 0.0133. The van der Waals surface area contributed by atoms with Crippen molar-refractivity contribution < 1.29 is 23.9 Å². The van der Waals surface area contributed by atoms with Crippen LogP contribution >= 0.6 is 0 Å². The summed E-state index contributed by atoms with van der Waals surface area (Å²) in [5.74, 6) is 0.0731. The molecule has 238 valence electrons. The van der Waals surface area contributed by atoms with Gasteiger partial charge in [0.2, 0.25) is 11.8 Å². The van der Waals surface area contributed by atoms with Crippen LogP contribution in [0.1, 0.15) is 83.5 Å². The van der Waals surface area contributed by atoms with Crippen LogP contribution in [0.5, 0.6) is 5.75 Å². The fraction of sp³-hybridized carbons (Fsp3) is 0.697. The van der Waals surface area contributed by atoms with Crippen molar-refractivity contribution >= 4 is 23.6 Å². The Hall–Kier alpha value is -3.14. The third kappa shape index (κ3) is 8.71. The van der Waals surface area contributed by atoms with Gasteiger partial charge in [-0.2, -0.15) is 0 Å². The van der Waals surface area contributed by atoms with Crippen molar-refractivity contribution in [1.82, 2.24) is 25.3 Å². The van der Waals surface area contributed by atoms with Gasteiger partial charge in [-0.15, -0.1) is 0 Å². The van der Waals surface area contributed by atoms with Crippen LogP contribution in [0.4, 0.5) is 0 Å². The first kappa shape index (κ1) is 32.8. The second-order valence-electron chi connectivity index (χ2n) is 13.8. The van der Waals surface area contributed by atoms with Crippen molar-refractivity contribution in [2.45, 2.75) is 96.8 Å². The van der Waals surface area contributed by atoms with E-state index in [0.717, 1.165) is 32.2 Å². The Morgan fingerprint density at radius 2 is 1.74 bits per heavy atom. The molecule has 0 radical (unpaired) electrons. The zero-order valence-electron chi connectivity index (χ0n) is 26.9. The van der Waals surface area contributed by atoms with Gasteiger partial charge in [-0.05, 0) is 76.5 Å². The molecule has 10 heteroatoms. The number of piperazine rings is 1. The zero-order valence-corrected chi connectivity index (χ0v) is 26.9. The number of hydrogen-bond donors (Lipinski definition) is 2. The van der Waals surface area contributed by atoms with E-state index in [-0.39, 0.29) is 47.1 Å². The van der Waals surface area contributed by atoms with Crippen molar-refractivity contribution in [3.05, 3.63) is 29.8 Å². The van der Waals surface area contributed by atoms with Crippen LogP contribution in [-0.4, -0.2) is 102 Å². The fourth-order valence-corrected chi connectivity index (χ4v) is 6.18. The summed E-state index contributed by atoms with van der Waals surface area (Å²) in [5.41, 5.74) is 0.105. The van der Waals surface area contributed by atoms with Crippen molar-refractivity contribution in [1.29, 1.82) is 0 Å². The van der Waals surface area contributed by atoms with E-state index in [1.54, 1.807) is 29.2 Å². The number of carbonyl (C=O) groups excluding carboxylic acids is 4. The van der Waals surface area contributed by atoms with Gasteiger partial charge >= 0.3 is 0 Å². The predicted molar refractivity (Wildman–Crippen MR) is 166 cm³/mol. The number of nitrogens with one attached hydrogen (secondary N) is 2. The molecule has 4 rings (SSSR count). The molecule has 3 fully saturated rings. The molecule has 4 amide bonds. The topological polar surface area (TPSA) is 111 Å². The number of hydrogen-bond acceptors (Lipinski definition) is 6. The molecule has 0 bridgehead atoms. The summed E-state index contributed by atoms with van der Waals surface area (Å²) < 4.78 is 5.75. The van der Waals surface area contributed by atoms with Gasteiger partial charge in [-0.3, -0.25) is 24.1 Å². The van der Waals surface area contributed by atoms with Gasteiger partial charge in [0.05, 0.1) is 5.56 Å². The van der Waals surface area contributed by atoms with E-state index in [9.17, 15) is 19.2 Å². The monoisotopic (exact) mass is 597 g/mol. The number of likely N-dealkylation sites (N-methyl/N-ethyl adjacent to an activating group) is 1. The quantitative estimate of drug-likeness (QED) is 0.383. The Bertz CT molecular complexity index is 1170. The number of rotatable bonds is 12. The lowest BCUT2D eigenvalue weighted by atomic mass is 9.99. The maximum absolute atomic E-state index is 14.0. The Morgan fingerprint density at radius 3 is 2.42 bits per heavy atom. The predicted octanol–water partition coefficient (Wildman–Crippen LogP) is 3.06. The minimum Gasteiger partial charge on any atom is -0.483 e. The zero-order chi connectivity index (χ0) is 31.3. The summed E-state index contributed by atoms with van der Waals surface area (Å²) in [4.78, 5) is 59.6. The van der Waals surface area contributed by atoms with Crippen LogP contribution < -0.4 is 15.4 Å². The Kier molecular flexibility index (Phi) is 10.7. The van der Waals surface area contributed by atoms with E-state index < -0.39 is 18.0 Å². The van der Waals surface area contributed by atoms with Crippen molar-refractivity contribution in [2.24, 2.45) is 11.8 Å². The number of nitrogens with zero attached hydrogens (tertiary/aromatic N) is 3. The number of carbonyl (C=O) groups is 4. The molecule has 1 aromatic rings. The first-order chi connectivity index (χ1) is 20.4. The van der Waals surface area contributed by atoms with Crippen LogP contribution in [0.15, 0.2) is 24.3 Å². The maximum Gasteiger partial charge on any atom is 0.258 e. The fourth-order valence-electron chi connectivity index (χ4n) is 6.18. The molecule has 43 heavy (non-hydrogen) atoms. The van der Waals surface area contributed by atoms with Crippen LogP contribution in [0, 0.1) is 11.8 Å². The van der Waals surface area contributed by atoms with Gasteiger partial charge in [0.15, 0.2) is 6.61 Å². The molecule has 3 atom stereocenters. The lowest BCUT2D eigenvalue weighted by Gasteiger charge is -2.42. The summed E-state index contributed by atoms with van der Waals surface area (Å²) in [6.07, 6.45) is 4.74. The normalized spacial score (nSPS) is 22.4. The highest BCUT2D eigenvalue weighted by atomic mass is 16.5. The lowest BCUT2D eigenvalue weighted by molar-refractivity contribution is -0.146. The number of ether oxygens (including phenoxy) is 1. The molecule has 1 aliphatic carbocycles. The van der Waals surface area contributed by atoms with Gasteiger partial charge in [-0.25, -0.2) is 0 Å². The average molecular weight is 598 g/mol. The van der Waals surface area contributed by atoms with E-state index in [1.165, 1.54) is 0 Å². The smallest absolute Gasteiger partial charge is 0.258 e. The maximum atomic E-state index is 14.0. The van der Waals surface area contributed by atoms with Crippen molar-refractivity contribution in [3.8, 4) is 5.75 Å². The summed E-state index contributed by atoms with van der Waals surface area (Å²) in [6, 6.07) is 5.76. The molecule has 2 aliphatic heterocycles. The largest absolute Gasteiger partial charge is 0.483 e. The molecule has 2 heterocycles. The van der Waals surface area contributed by atoms with E-state index in [2.05, 4.69) is 36.4 Å². The lowest BCUT2D eigenvalue weighted by Crippen LogP contribution is -2.59. The molecule has 0 spiro atoms. The van der Waals surface area contributed by atoms with Crippen molar-refractivity contribution in [2.75, 3.05) is 39.8 Å². The van der Waals surface area contributed by atoms with Crippen LogP contribution in [0.25, 0.3) is 0 Å². The van der Waals surface area contributed by atoms with Crippen LogP contribution in [-0.2, 0) is 14.4 Å². The second kappa shape index (κ2) is 14.1. The first-order valence-corrected chi connectivity index (χ1v) is 16.0. The molecule has 3 aliphatic rings. The molecule has 0 aromatic heterocycles. The first-order valence-electron chi connectivity index (χ1n) is 16.0. The molecular formula is C33H51N5O5. The number of para-hydroxylation sites is 1. The number of benzene rings is 1. The van der Waals surface area contributed by atoms with Gasteiger partial charge < -0.3 is 25.2 Å². The SMILES string of the molecule is CC(C)C[C@H]1CN(C(=O)[C@H]2CCCN2C(=O)[C@@H](CC(C)C)NC(=O)c2ccccc2OCC(=O)NC2(C)CC2)CCN1C. The highest BCUT2D eigenvalue weighted by Crippen LogP contribution is 2.34. The Labute approximate surface area is 256 Å². The van der Waals surface area contributed by atoms with Crippen LogP contribution in [0.3, 0.4) is 0 Å². The number of likely N-dealkylation sites (tertiary alicyclic amines) is 1. The Morgan fingerprint density at radius 1 is 1.02 bits per heavy atom. The average Bonchev–Trinajstić information content (AvgIpc) is 3.47. The van der Waals surface area contributed by atoms with Crippen LogP contribution in [0.2, 0.25) is 0 Å². The molecule has 2 N–H and O–H groups in total. The van der Waals surface area contributed by atoms with E-state index in [1.807, 2.05) is 25.7 Å². The van der Waals surface area contributed by atoms with Gasteiger partial charge in [0.1, 0.15) is 17.8 Å². The minimum atomic E-state index is -0.784. The molecule has 10 nitrogen and oxygen atoms in total. The summed E-state index contributed by atoms with van der Waals surface area (Å²) in [5, 5.41) is 5.90. The third-order valence-corrected chi connectivity index (χ3v) is 8.90. The van der Waals surface area contributed by atoms with Gasteiger partial charge in [0.25, 0.3) is 11.8 Å². The molecule has 1 aromatic carbocycles. The van der Waals surface area contributed by atoms with Gasteiger partial charge in [-0.1, -0.05) is 39.8 Å². The van der Waals surface area contributed by atoms with Gasteiger partial charge in [0, 0.05) is 37.8 Å². The standard InChI is InChI=1S/C33H51N5O5/c1-22(2)18-24-20-37(17-16-36(24)6)32(42)27-11-9-15-38(27)31(41)26(19-23(3)4)34-30(40)25-10-7-8-12-28(25)43-21-29(39)35-33(5)13-14-33/h7-8,10,12,22-24,26-27H,9,11,13-21H2,1-6H3,(H,34,40)(H,35,39)/t24-,26+,27+/m0/s1. The Balaban J connectivity index is 1.43. The summed E-state index contributed by atoms with van der Waals surface area (Å²) >= 11 is 0. The molecule has 1 saturated carbocycles. The highest BCUT2D eigenvalue weighted by molar-refractivity contribution is 6.00. The molecule has 2 saturated heterocycles. The third-order valence-electron chi connectivity index (χ3n) is 8.90.